The molecule has 132 valence electrons. The highest BCUT2D eigenvalue weighted by Crippen LogP contribution is 2.43. The predicted molar refractivity (Wildman–Crippen MR) is 97.4 cm³/mol. The van der Waals surface area contributed by atoms with Crippen LogP contribution in [0.2, 0.25) is 5.02 Å². The van der Waals surface area contributed by atoms with Gasteiger partial charge in [0.05, 0.1) is 5.41 Å². The molecular weight excluding hydrogens is 322 g/mol. The summed E-state index contributed by atoms with van der Waals surface area (Å²) in [6, 6.07) is 7.76. The van der Waals surface area contributed by atoms with Gasteiger partial charge >= 0.3 is 5.97 Å². The molecule has 2 aliphatic rings. The summed E-state index contributed by atoms with van der Waals surface area (Å²) in [5.74, 6) is 0.309. The van der Waals surface area contributed by atoms with Crippen LogP contribution in [0.5, 0.6) is 0 Å². The zero-order valence-corrected chi connectivity index (χ0v) is 15.5. The number of nitrogens with zero attached hydrogens (tertiary/aromatic N) is 1. The lowest BCUT2D eigenvalue weighted by Gasteiger charge is -2.37. The molecule has 1 atom stereocenters. The van der Waals surface area contributed by atoms with E-state index in [-0.39, 0.29) is 12.1 Å². The second-order valence-electron chi connectivity index (χ2n) is 7.60. The summed E-state index contributed by atoms with van der Waals surface area (Å²) in [4.78, 5) is 15.5. The molecule has 2 fully saturated rings. The van der Waals surface area contributed by atoms with Crippen molar-refractivity contribution in [2.75, 3.05) is 20.1 Å². The van der Waals surface area contributed by atoms with Crippen molar-refractivity contribution >= 4 is 17.6 Å². The summed E-state index contributed by atoms with van der Waals surface area (Å²) in [5, 5.41) is 0.705. The maximum absolute atomic E-state index is 13.2. The molecule has 0 aromatic heterocycles. The minimum absolute atomic E-state index is 0.0497. The summed E-state index contributed by atoms with van der Waals surface area (Å²) in [6.45, 7) is 4.07. The van der Waals surface area contributed by atoms with Gasteiger partial charge in [0.2, 0.25) is 0 Å². The third-order valence-electron chi connectivity index (χ3n) is 5.98. The van der Waals surface area contributed by atoms with E-state index in [2.05, 4.69) is 18.9 Å². The molecule has 1 saturated heterocycles. The van der Waals surface area contributed by atoms with Crippen molar-refractivity contribution in [2.24, 2.45) is 5.92 Å². The number of halogens is 1. The highest BCUT2D eigenvalue weighted by Gasteiger charge is 2.46. The van der Waals surface area contributed by atoms with E-state index in [4.69, 9.17) is 16.3 Å². The molecule has 1 aliphatic heterocycles. The van der Waals surface area contributed by atoms with Gasteiger partial charge in [0.15, 0.2) is 0 Å². The van der Waals surface area contributed by atoms with E-state index in [9.17, 15) is 4.79 Å². The topological polar surface area (TPSA) is 29.5 Å². The van der Waals surface area contributed by atoms with Crippen molar-refractivity contribution in [2.45, 2.75) is 57.0 Å². The molecule has 4 heteroatoms. The molecule has 0 radical (unpaired) electrons. The van der Waals surface area contributed by atoms with E-state index in [0.29, 0.717) is 10.9 Å². The summed E-state index contributed by atoms with van der Waals surface area (Å²) < 4.78 is 6.00. The number of carbonyl (C=O) groups is 1. The molecule has 24 heavy (non-hydrogen) atoms. The first-order chi connectivity index (χ1) is 11.5. The van der Waals surface area contributed by atoms with Gasteiger partial charge in [0.1, 0.15) is 6.10 Å². The molecular formula is C20H28ClNO2. The normalized spacial score (nSPS) is 23.1. The first-order valence-electron chi connectivity index (χ1n) is 9.16. The zero-order valence-electron chi connectivity index (χ0n) is 14.8. The fourth-order valence-electron chi connectivity index (χ4n) is 4.20. The number of ether oxygens (including phenoxy) is 1. The third kappa shape index (κ3) is 3.62. The number of hydrogen-bond donors (Lipinski definition) is 0. The van der Waals surface area contributed by atoms with E-state index in [1.54, 1.807) is 0 Å². The third-order valence-corrected chi connectivity index (χ3v) is 6.23. The van der Waals surface area contributed by atoms with Gasteiger partial charge in [-0.25, -0.2) is 0 Å². The van der Waals surface area contributed by atoms with Crippen LogP contribution in [0, 0.1) is 5.92 Å². The molecule has 0 N–H and O–H groups in total. The lowest BCUT2D eigenvalue weighted by atomic mass is 9.71. The maximum atomic E-state index is 13.2. The number of piperidine rings is 1. The highest BCUT2D eigenvalue weighted by molar-refractivity contribution is 6.30. The van der Waals surface area contributed by atoms with Crippen molar-refractivity contribution < 1.29 is 9.53 Å². The molecule has 0 bridgehead atoms. The molecule has 1 heterocycles. The Balaban J connectivity index is 1.81. The van der Waals surface area contributed by atoms with Crippen molar-refractivity contribution in [1.29, 1.82) is 0 Å². The van der Waals surface area contributed by atoms with Gasteiger partial charge < -0.3 is 9.64 Å². The first kappa shape index (κ1) is 17.8. The molecule has 1 aromatic carbocycles. The largest absolute Gasteiger partial charge is 0.462 e. The average Bonchev–Trinajstić information content (AvgIpc) is 3.12. The Kier molecular flexibility index (Phi) is 5.51. The second-order valence-corrected chi connectivity index (χ2v) is 8.04. The zero-order chi connectivity index (χ0) is 17.2. The Morgan fingerprint density at radius 1 is 1.12 bits per heavy atom. The van der Waals surface area contributed by atoms with E-state index in [1.807, 2.05) is 24.3 Å². The van der Waals surface area contributed by atoms with Crippen LogP contribution in [0.4, 0.5) is 0 Å². The summed E-state index contributed by atoms with van der Waals surface area (Å²) in [6.07, 6.45) is 6.53. The van der Waals surface area contributed by atoms with Gasteiger partial charge in [-0.1, -0.05) is 36.6 Å². The fraction of sp³-hybridized carbons (Fsp3) is 0.650. The Hall–Kier alpha value is -1.06. The minimum Gasteiger partial charge on any atom is -0.462 e. The van der Waals surface area contributed by atoms with Crippen LogP contribution in [0.3, 0.4) is 0 Å². The first-order valence-corrected chi connectivity index (χ1v) is 9.53. The fourth-order valence-corrected chi connectivity index (χ4v) is 4.32. The van der Waals surface area contributed by atoms with Gasteiger partial charge in [0, 0.05) is 18.1 Å². The number of hydrogen-bond acceptors (Lipinski definition) is 3. The Bertz CT molecular complexity index is 560. The van der Waals surface area contributed by atoms with Crippen LogP contribution in [0.15, 0.2) is 24.3 Å². The maximum Gasteiger partial charge on any atom is 0.316 e. The lowest BCUT2D eigenvalue weighted by molar-refractivity contribution is -0.160. The molecule has 1 aromatic rings. The van der Waals surface area contributed by atoms with Crippen LogP contribution in [0.1, 0.15) is 51.0 Å². The molecule has 0 amide bonds. The summed E-state index contributed by atoms with van der Waals surface area (Å²) >= 11 is 6.05. The van der Waals surface area contributed by atoms with Gasteiger partial charge in [-0.05, 0) is 63.3 Å². The van der Waals surface area contributed by atoms with E-state index in [1.165, 1.54) is 12.8 Å². The number of likely N-dealkylation sites (tertiary alicyclic amines) is 1. The second kappa shape index (κ2) is 7.45. The summed E-state index contributed by atoms with van der Waals surface area (Å²) in [7, 11) is 2.12. The number of rotatable bonds is 4. The van der Waals surface area contributed by atoms with Crippen LogP contribution in [-0.4, -0.2) is 37.1 Å². The van der Waals surface area contributed by atoms with E-state index >= 15 is 0 Å². The monoisotopic (exact) mass is 349 g/mol. The van der Waals surface area contributed by atoms with Crippen molar-refractivity contribution in [3.63, 3.8) is 0 Å². The number of esters is 1. The smallest absolute Gasteiger partial charge is 0.316 e. The number of benzene rings is 1. The average molecular weight is 350 g/mol. The molecule has 1 unspecified atom stereocenters. The SMILES string of the molecule is CN1CCC(OC(=O)C(C)(c2ccc(Cl)cc2)C2CCCC2)CC1. The van der Waals surface area contributed by atoms with E-state index < -0.39 is 5.41 Å². The Morgan fingerprint density at radius 3 is 2.29 bits per heavy atom. The lowest BCUT2D eigenvalue weighted by Crippen LogP contribution is -2.44. The molecule has 1 saturated carbocycles. The van der Waals surface area contributed by atoms with Gasteiger partial charge in [-0.15, -0.1) is 0 Å². The quantitative estimate of drug-likeness (QED) is 0.753. The Morgan fingerprint density at radius 2 is 1.71 bits per heavy atom. The predicted octanol–water partition coefficient (Wildman–Crippen LogP) is 4.43. The van der Waals surface area contributed by atoms with Crippen LogP contribution in [0.25, 0.3) is 0 Å². The molecule has 3 rings (SSSR count). The molecule has 0 spiro atoms. The van der Waals surface area contributed by atoms with Gasteiger partial charge in [0.25, 0.3) is 0 Å². The van der Waals surface area contributed by atoms with Crippen molar-refractivity contribution in [3.05, 3.63) is 34.9 Å². The van der Waals surface area contributed by atoms with Gasteiger partial charge in [-0.3, -0.25) is 4.79 Å². The Labute approximate surface area is 150 Å². The van der Waals surface area contributed by atoms with Crippen LogP contribution >= 0.6 is 11.6 Å². The highest BCUT2D eigenvalue weighted by atomic mass is 35.5. The standard InChI is InChI=1S/C20H28ClNO2/c1-20(15-5-3-4-6-15,16-7-9-17(21)10-8-16)19(23)24-18-11-13-22(2)14-12-18/h7-10,15,18H,3-6,11-14H2,1-2H3. The van der Waals surface area contributed by atoms with Crippen LogP contribution in [-0.2, 0) is 14.9 Å². The summed E-state index contributed by atoms with van der Waals surface area (Å²) in [5.41, 5.74) is 0.474. The number of carbonyl (C=O) groups excluding carboxylic acids is 1. The van der Waals surface area contributed by atoms with Crippen LogP contribution < -0.4 is 0 Å². The van der Waals surface area contributed by atoms with Crippen molar-refractivity contribution in [3.8, 4) is 0 Å². The van der Waals surface area contributed by atoms with Crippen molar-refractivity contribution in [1.82, 2.24) is 4.90 Å². The molecule has 1 aliphatic carbocycles. The van der Waals surface area contributed by atoms with E-state index in [0.717, 1.165) is 44.3 Å². The molecule has 3 nitrogen and oxygen atoms in total. The minimum atomic E-state index is -0.565. The van der Waals surface area contributed by atoms with Gasteiger partial charge in [-0.2, -0.15) is 0 Å².